The number of nitrogens with one attached hydrogen (secondary N) is 1. The molecule has 3 fully saturated rings. The molecule has 0 unspecified atom stereocenters. The van der Waals surface area contributed by atoms with Crippen LogP contribution in [0, 0.1) is 17.2 Å². The highest BCUT2D eigenvalue weighted by Gasteiger charge is 2.40. The second kappa shape index (κ2) is 8.64. The Morgan fingerprint density at radius 1 is 1.15 bits per heavy atom. The second-order valence-electron chi connectivity index (χ2n) is 10.4. The number of hydrogen-bond acceptors (Lipinski definition) is 4. The molecular formula is C27H33FN2O3. The van der Waals surface area contributed by atoms with Crippen LogP contribution in [-0.2, 0) is 11.2 Å². The fourth-order valence-electron chi connectivity index (χ4n) is 5.76. The van der Waals surface area contributed by atoms with E-state index in [0.29, 0.717) is 17.2 Å². The first-order valence-corrected chi connectivity index (χ1v) is 12.0. The first-order valence-electron chi connectivity index (χ1n) is 12.0. The van der Waals surface area contributed by atoms with Crippen LogP contribution in [0.2, 0.25) is 0 Å². The standard InChI is InChI=1S/C27H33FN2O3/c1-27(2)11-8-19-14-18(21-7-5-20(32-3)15-23(21)28)4-6-22(19)25(27)29-26(31)33-24-16-30-12-9-17(24)10-13-30/h4-7,14-15,17,24-25H,8-13,16H2,1-3H3,(H,29,31)/t24-,25+/m1/s1. The predicted octanol–water partition coefficient (Wildman–Crippen LogP) is 5.34. The predicted molar refractivity (Wildman–Crippen MR) is 126 cm³/mol. The number of rotatable bonds is 4. The number of fused-ring (bicyclic) bond motifs is 4. The van der Waals surface area contributed by atoms with Gasteiger partial charge in [0.1, 0.15) is 17.7 Å². The molecule has 0 spiro atoms. The van der Waals surface area contributed by atoms with Crippen molar-refractivity contribution in [3.05, 3.63) is 53.3 Å². The third-order valence-corrected chi connectivity index (χ3v) is 7.88. The van der Waals surface area contributed by atoms with Crippen LogP contribution in [0.15, 0.2) is 36.4 Å². The largest absolute Gasteiger partial charge is 0.497 e. The van der Waals surface area contributed by atoms with Gasteiger partial charge in [-0.2, -0.15) is 0 Å². The normalized spacial score (nSPS) is 27.5. The zero-order valence-electron chi connectivity index (χ0n) is 19.7. The minimum absolute atomic E-state index is 0.0147. The van der Waals surface area contributed by atoms with Crippen molar-refractivity contribution in [2.24, 2.45) is 11.3 Å². The fraction of sp³-hybridized carbons (Fsp3) is 0.519. The number of carbonyl (C=O) groups is 1. The molecule has 0 radical (unpaired) electrons. The van der Waals surface area contributed by atoms with E-state index < -0.39 is 0 Å². The molecule has 2 atom stereocenters. The summed E-state index contributed by atoms with van der Waals surface area (Å²) in [4.78, 5) is 15.3. The Hall–Kier alpha value is -2.60. The molecule has 6 rings (SSSR count). The van der Waals surface area contributed by atoms with Gasteiger partial charge in [-0.25, -0.2) is 9.18 Å². The third-order valence-electron chi connectivity index (χ3n) is 7.88. The number of aryl methyl sites for hydroxylation is 1. The average Bonchev–Trinajstić information content (AvgIpc) is 2.81. The summed E-state index contributed by atoms with van der Waals surface area (Å²) in [7, 11) is 1.53. The van der Waals surface area contributed by atoms with E-state index in [4.69, 9.17) is 9.47 Å². The van der Waals surface area contributed by atoms with Crippen LogP contribution in [-0.4, -0.2) is 43.8 Å². The van der Waals surface area contributed by atoms with Crippen molar-refractivity contribution in [3.63, 3.8) is 0 Å². The van der Waals surface area contributed by atoms with Gasteiger partial charge in [-0.1, -0.05) is 32.0 Å². The minimum atomic E-state index is -0.329. The van der Waals surface area contributed by atoms with Gasteiger partial charge < -0.3 is 14.8 Å². The maximum Gasteiger partial charge on any atom is 0.407 e. The molecule has 2 aromatic carbocycles. The Balaban J connectivity index is 1.36. The SMILES string of the molecule is COc1ccc(-c2ccc3c(c2)CCC(C)(C)[C@H]3NC(=O)O[C@@H]2CN3CCC2CC3)c(F)c1. The number of methoxy groups -OCH3 is 1. The van der Waals surface area contributed by atoms with Crippen LogP contribution in [0.1, 0.15) is 50.3 Å². The van der Waals surface area contributed by atoms with Crippen molar-refractivity contribution in [2.45, 2.75) is 51.7 Å². The lowest BCUT2D eigenvalue weighted by Gasteiger charge is -2.44. The van der Waals surface area contributed by atoms with Gasteiger partial charge in [-0.3, -0.25) is 4.90 Å². The third kappa shape index (κ3) is 4.33. The molecule has 1 N–H and O–H groups in total. The average molecular weight is 453 g/mol. The van der Waals surface area contributed by atoms with E-state index >= 15 is 0 Å². The Morgan fingerprint density at radius 3 is 2.61 bits per heavy atom. The lowest BCUT2D eigenvalue weighted by Crippen LogP contribution is -2.53. The molecule has 3 aliphatic heterocycles. The highest BCUT2D eigenvalue weighted by molar-refractivity contribution is 5.70. The van der Waals surface area contributed by atoms with Gasteiger partial charge in [-0.05, 0) is 78.9 Å². The van der Waals surface area contributed by atoms with Crippen LogP contribution in [0.4, 0.5) is 9.18 Å². The maximum absolute atomic E-state index is 14.7. The van der Waals surface area contributed by atoms with E-state index in [0.717, 1.165) is 62.0 Å². The van der Waals surface area contributed by atoms with Gasteiger partial charge in [0.25, 0.3) is 0 Å². The number of halogens is 1. The van der Waals surface area contributed by atoms with Gasteiger partial charge in [0.05, 0.1) is 13.2 Å². The highest BCUT2D eigenvalue weighted by atomic mass is 19.1. The Labute approximate surface area is 195 Å². The molecule has 0 aromatic heterocycles. The number of ether oxygens (including phenoxy) is 2. The summed E-state index contributed by atoms with van der Waals surface area (Å²) in [6, 6.07) is 10.8. The van der Waals surface area contributed by atoms with Crippen molar-refractivity contribution in [1.29, 1.82) is 0 Å². The minimum Gasteiger partial charge on any atom is -0.497 e. The zero-order valence-corrected chi connectivity index (χ0v) is 19.7. The topological polar surface area (TPSA) is 50.8 Å². The summed E-state index contributed by atoms with van der Waals surface area (Å²) in [6.45, 7) is 7.45. The first-order chi connectivity index (χ1) is 15.8. The monoisotopic (exact) mass is 452 g/mol. The summed E-state index contributed by atoms with van der Waals surface area (Å²) in [5, 5.41) is 3.19. The number of nitrogens with zero attached hydrogens (tertiary/aromatic N) is 1. The quantitative estimate of drug-likeness (QED) is 0.681. The zero-order chi connectivity index (χ0) is 23.2. The van der Waals surface area contributed by atoms with Gasteiger partial charge in [0.2, 0.25) is 0 Å². The van der Waals surface area contributed by atoms with Crippen molar-refractivity contribution >= 4 is 6.09 Å². The molecule has 4 aliphatic rings. The number of carbonyl (C=O) groups excluding carboxylic acids is 1. The number of amides is 1. The summed E-state index contributed by atoms with van der Waals surface area (Å²) in [5.41, 5.74) is 3.52. The van der Waals surface area contributed by atoms with Crippen LogP contribution in [0.5, 0.6) is 5.75 Å². The smallest absolute Gasteiger partial charge is 0.407 e. The van der Waals surface area contributed by atoms with Crippen LogP contribution >= 0.6 is 0 Å². The molecule has 5 nitrogen and oxygen atoms in total. The van der Waals surface area contributed by atoms with Gasteiger partial charge >= 0.3 is 6.09 Å². The van der Waals surface area contributed by atoms with Crippen molar-refractivity contribution in [3.8, 4) is 16.9 Å². The number of piperidine rings is 3. The molecule has 2 bridgehead atoms. The van der Waals surface area contributed by atoms with Crippen molar-refractivity contribution in [1.82, 2.24) is 10.2 Å². The van der Waals surface area contributed by atoms with Crippen molar-refractivity contribution < 1.29 is 18.7 Å². The fourth-order valence-corrected chi connectivity index (χ4v) is 5.76. The van der Waals surface area contributed by atoms with E-state index in [2.05, 4.69) is 30.1 Å². The Kier molecular flexibility index (Phi) is 5.81. The van der Waals surface area contributed by atoms with Crippen LogP contribution in [0.3, 0.4) is 0 Å². The Morgan fingerprint density at radius 2 is 1.94 bits per heavy atom. The number of hydrogen-bond donors (Lipinski definition) is 1. The van der Waals surface area contributed by atoms with Crippen LogP contribution < -0.4 is 10.1 Å². The lowest BCUT2D eigenvalue weighted by atomic mass is 9.70. The molecule has 2 aromatic rings. The van der Waals surface area contributed by atoms with Gasteiger partial charge in [-0.15, -0.1) is 0 Å². The van der Waals surface area contributed by atoms with Crippen molar-refractivity contribution in [2.75, 3.05) is 26.7 Å². The molecule has 176 valence electrons. The van der Waals surface area contributed by atoms with E-state index in [9.17, 15) is 9.18 Å². The molecule has 3 saturated heterocycles. The number of benzene rings is 2. The molecular weight excluding hydrogens is 419 g/mol. The van der Waals surface area contributed by atoms with E-state index in [-0.39, 0.29) is 29.5 Å². The summed E-state index contributed by atoms with van der Waals surface area (Å²) in [5.74, 6) is 0.678. The van der Waals surface area contributed by atoms with Gasteiger partial charge in [0, 0.05) is 18.2 Å². The lowest BCUT2D eigenvalue weighted by molar-refractivity contribution is -0.0353. The molecule has 0 saturated carbocycles. The van der Waals surface area contributed by atoms with Crippen LogP contribution in [0.25, 0.3) is 11.1 Å². The first kappa shape index (κ1) is 22.2. The number of alkyl carbamates (subject to hydrolysis) is 1. The molecule has 1 amide bonds. The highest BCUT2D eigenvalue weighted by Crippen LogP contribution is 2.45. The summed E-state index contributed by atoms with van der Waals surface area (Å²) >= 11 is 0. The van der Waals surface area contributed by atoms with E-state index in [1.807, 2.05) is 12.1 Å². The maximum atomic E-state index is 14.7. The van der Waals surface area contributed by atoms with E-state index in [1.54, 1.807) is 12.1 Å². The molecule has 1 aliphatic carbocycles. The summed E-state index contributed by atoms with van der Waals surface area (Å²) < 4.78 is 25.7. The van der Waals surface area contributed by atoms with Gasteiger partial charge in [0.15, 0.2) is 0 Å². The molecule has 6 heteroatoms. The summed E-state index contributed by atoms with van der Waals surface area (Å²) in [6.07, 6.45) is 3.70. The van der Waals surface area contributed by atoms with E-state index in [1.165, 1.54) is 13.2 Å². The Bertz CT molecular complexity index is 1050. The molecule has 33 heavy (non-hydrogen) atoms. The molecule has 3 heterocycles. The second-order valence-corrected chi connectivity index (χ2v) is 10.4.